The fourth-order valence-corrected chi connectivity index (χ4v) is 3.17. The Balaban J connectivity index is 2.21. The van der Waals surface area contributed by atoms with Gasteiger partial charge in [-0.05, 0) is 43.4 Å². The van der Waals surface area contributed by atoms with Gasteiger partial charge in [0.2, 0.25) is 0 Å². The van der Waals surface area contributed by atoms with E-state index in [1.807, 2.05) is 12.1 Å². The van der Waals surface area contributed by atoms with E-state index in [1.165, 1.54) is 43.9 Å². The predicted octanol–water partition coefficient (Wildman–Crippen LogP) is 3.83. The number of aryl methyl sites for hydroxylation is 1. The number of rotatable bonds is 4. The third kappa shape index (κ3) is 4.07. The fourth-order valence-electron chi connectivity index (χ4n) is 3.17. The highest BCUT2D eigenvalue weighted by Gasteiger charge is 2.26. The largest absolute Gasteiger partial charge is 0.468 e. The highest BCUT2D eigenvalue weighted by Crippen LogP contribution is 2.25. The lowest BCUT2D eigenvalue weighted by Crippen LogP contribution is -2.37. The molecule has 0 saturated heterocycles. The van der Waals surface area contributed by atoms with Crippen molar-refractivity contribution in [1.82, 2.24) is 5.32 Å². The number of ether oxygens (including phenoxy) is 1. The van der Waals surface area contributed by atoms with Gasteiger partial charge in [-0.15, -0.1) is 0 Å². The molecule has 0 radical (unpaired) electrons. The summed E-state index contributed by atoms with van der Waals surface area (Å²) in [7, 11) is 1.47. The highest BCUT2D eigenvalue weighted by molar-refractivity contribution is 5.78. The molecule has 2 rings (SSSR count). The zero-order valence-electron chi connectivity index (χ0n) is 13.4. The Kier molecular flexibility index (Phi) is 5.80. The number of hydrogen-bond acceptors (Lipinski definition) is 3. The highest BCUT2D eigenvalue weighted by atomic mass is 16.5. The third-order valence-electron chi connectivity index (χ3n) is 4.65. The molecule has 116 valence electrons. The molecule has 1 aliphatic carbocycles. The summed E-state index contributed by atoms with van der Waals surface area (Å²) >= 11 is 0. The van der Waals surface area contributed by atoms with Gasteiger partial charge in [-0.1, -0.05) is 43.9 Å². The smallest absolute Gasteiger partial charge is 0.327 e. The van der Waals surface area contributed by atoms with Crippen molar-refractivity contribution in [3.05, 3.63) is 34.9 Å². The normalized spacial score (nSPS) is 18.0. The lowest BCUT2D eigenvalue weighted by molar-refractivity contribution is -0.143. The van der Waals surface area contributed by atoms with Crippen LogP contribution in [0.2, 0.25) is 0 Å². The maximum Gasteiger partial charge on any atom is 0.327 e. The number of benzene rings is 1. The summed E-state index contributed by atoms with van der Waals surface area (Å²) in [4.78, 5) is 12.3. The van der Waals surface area contributed by atoms with Crippen molar-refractivity contribution >= 4 is 5.97 Å². The molecular formula is C18H27NO2. The number of hydrogen-bond donors (Lipinski definition) is 1. The average Bonchev–Trinajstić information content (AvgIpc) is 2.76. The van der Waals surface area contributed by atoms with Gasteiger partial charge in [-0.3, -0.25) is 5.32 Å². The van der Waals surface area contributed by atoms with E-state index < -0.39 is 0 Å². The van der Waals surface area contributed by atoms with E-state index in [9.17, 15) is 4.79 Å². The Hall–Kier alpha value is -1.35. The van der Waals surface area contributed by atoms with E-state index in [1.54, 1.807) is 0 Å². The first-order valence-electron chi connectivity index (χ1n) is 8.03. The number of carbonyl (C=O) groups excluding carboxylic acids is 1. The van der Waals surface area contributed by atoms with Crippen molar-refractivity contribution in [2.24, 2.45) is 0 Å². The first-order valence-corrected chi connectivity index (χ1v) is 8.03. The summed E-state index contributed by atoms with van der Waals surface area (Å²) < 4.78 is 5.03. The zero-order chi connectivity index (χ0) is 15.2. The van der Waals surface area contributed by atoms with E-state index >= 15 is 0 Å². The molecule has 1 unspecified atom stereocenters. The van der Waals surface area contributed by atoms with E-state index in [0.717, 1.165) is 18.4 Å². The molecule has 1 aromatic carbocycles. The molecule has 1 N–H and O–H groups in total. The van der Waals surface area contributed by atoms with Crippen molar-refractivity contribution in [2.45, 2.75) is 64.5 Å². The maximum atomic E-state index is 12.3. The Bertz CT molecular complexity index is 476. The van der Waals surface area contributed by atoms with E-state index in [4.69, 9.17) is 4.74 Å². The second-order valence-corrected chi connectivity index (χ2v) is 6.10. The van der Waals surface area contributed by atoms with Crippen LogP contribution >= 0.6 is 0 Å². The lowest BCUT2D eigenvalue weighted by atomic mass is 9.96. The summed E-state index contributed by atoms with van der Waals surface area (Å²) in [5.41, 5.74) is 3.43. The quantitative estimate of drug-likeness (QED) is 0.676. The third-order valence-corrected chi connectivity index (χ3v) is 4.65. The average molecular weight is 289 g/mol. The molecular weight excluding hydrogens is 262 g/mol. The first-order chi connectivity index (χ1) is 10.1. The number of methoxy groups -OCH3 is 1. The molecule has 0 heterocycles. The van der Waals surface area contributed by atoms with Crippen molar-refractivity contribution in [1.29, 1.82) is 0 Å². The SMILES string of the molecule is COC(=O)C(NC1CCCCCC1)c1cccc(C)c1C. The van der Waals surface area contributed by atoms with Gasteiger partial charge in [0.25, 0.3) is 0 Å². The Morgan fingerprint density at radius 2 is 1.86 bits per heavy atom. The molecule has 1 saturated carbocycles. The van der Waals surface area contributed by atoms with Crippen molar-refractivity contribution in [3.63, 3.8) is 0 Å². The van der Waals surface area contributed by atoms with E-state index in [0.29, 0.717) is 6.04 Å². The summed E-state index contributed by atoms with van der Waals surface area (Å²) in [6.07, 6.45) is 7.42. The Labute approximate surface area is 128 Å². The van der Waals surface area contributed by atoms with Gasteiger partial charge >= 0.3 is 5.97 Å². The summed E-state index contributed by atoms with van der Waals surface area (Å²) in [5, 5.41) is 3.56. The van der Waals surface area contributed by atoms with Crippen LogP contribution in [0.15, 0.2) is 18.2 Å². The van der Waals surface area contributed by atoms with Crippen LogP contribution in [0.5, 0.6) is 0 Å². The van der Waals surface area contributed by atoms with Crippen LogP contribution in [0, 0.1) is 13.8 Å². The zero-order valence-corrected chi connectivity index (χ0v) is 13.4. The van der Waals surface area contributed by atoms with Gasteiger partial charge in [-0.25, -0.2) is 4.79 Å². The standard InChI is InChI=1S/C18H27NO2/c1-13-9-8-12-16(14(13)2)17(18(20)21-3)19-15-10-6-4-5-7-11-15/h8-9,12,15,17,19H,4-7,10-11H2,1-3H3. The van der Waals surface area contributed by atoms with E-state index in [2.05, 4.69) is 25.2 Å². The fraction of sp³-hybridized carbons (Fsp3) is 0.611. The molecule has 1 atom stereocenters. The predicted molar refractivity (Wildman–Crippen MR) is 85.3 cm³/mol. The molecule has 1 aliphatic rings. The van der Waals surface area contributed by atoms with Crippen LogP contribution in [-0.4, -0.2) is 19.1 Å². The molecule has 0 aromatic heterocycles. The van der Waals surface area contributed by atoms with Crippen LogP contribution in [0.4, 0.5) is 0 Å². The maximum absolute atomic E-state index is 12.3. The molecule has 0 spiro atoms. The van der Waals surface area contributed by atoms with Crippen molar-refractivity contribution in [3.8, 4) is 0 Å². The van der Waals surface area contributed by atoms with Gasteiger partial charge in [0.15, 0.2) is 0 Å². The van der Waals surface area contributed by atoms with Crippen LogP contribution in [0.3, 0.4) is 0 Å². The second kappa shape index (κ2) is 7.60. The number of nitrogens with one attached hydrogen (secondary N) is 1. The van der Waals surface area contributed by atoms with Crippen molar-refractivity contribution in [2.75, 3.05) is 7.11 Å². The molecule has 3 heteroatoms. The van der Waals surface area contributed by atoms with Crippen LogP contribution < -0.4 is 5.32 Å². The second-order valence-electron chi connectivity index (χ2n) is 6.10. The topological polar surface area (TPSA) is 38.3 Å². The molecule has 0 aliphatic heterocycles. The first kappa shape index (κ1) is 16.0. The number of esters is 1. The van der Waals surface area contributed by atoms with Gasteiger partial charge in [0, 0.05) is 6.04 Å². The molecule has 3 nitrogen and oxygen atoms in total. The van der Waals surface area contributed by atoms with Crippen LogP contribution in [-0.2, 0) is 9.53 Å². The Morgan fingerprint density at radius 3 is 2.48 bits per heavy atom. The van der Waals surface area contributed by atoms with Crippen LogP contribution in [0.25, 0.3) is 0 Å². The van der Waals surface area contributed by atoms with Crippen LogP contribution in [0.1, 0.15) is 61.3 Å². The van der Waals surface area contributed by atoms with E-state index in [-0.39, 0.29) is 12.0 Å². The number of carbonyl (C=O) groups is 1. The monoisotopic (exact) mass is 289 g/mol. The lowest BCUT2D eigenvalue weighted by Gasteiger charge is -2.25. The van der Waals surface area contributed by atoms with Gasteiger partial charge in [0.05, 0.1) is 7.11 Å². The molecule has 1 fully saturated rings. The molecule has 1 aromatic rings. The molecule has 0 bridgehead atoms. The molecule has 0 amide bonds. The van der Waals surface area contributed by atoms with Gasteiger partial charge < -0.3 is 4.74 Å². The van der Waals surface area contributed by atoms with Gasteiger partial charge in [0.1, 0.15) is 6.04 Å². The summed E-state index contributed by atoms with van der Waals surface area (Å²) in [6.45, 7) is 4.16. The minimum atomic E-state index is -0.349. The Morgan fingerprint density at radius 1 is 1.19 bits per heavy atom. The minimum absolute atomic E-state index is 0.187. The van der Waals surface area contributed by atoms with Gasteiger partial charge in [-0.2, -0.15) is 0 Å². The summed E-state index contributed by atoms with van der Waals surface area (Å²) in [6, 6.07) is 6.20. The minimum Gasteiger partial charge on any atom is -0.468 e. The molecule has 21 heavy (non-hydrogen) atoms. The van der Waals surface area contributed by atoms with Crippen molar-refractivity contribution < 1.29 is 9.53 Å². The summed E-state index contributed by atoms with van der Waals surface area (Å²) in [5.74, 6) is -0.187.